The Morgan fingerprint density at radius 2 is 1.85 bits per heavy atom. The maximum Gasteiger partial charge on any atom is 0.573 e. The van der Waals surface area contributed by atoms with Crippen molar-refractivity contribution in [1.82, 2.24) is 30.9 Å². The third-order valence-corrected chi connectivity index (χ3v) is 5.98. The minimum absolute atomic E-state index is 0.248. The second-order valence-electron chi connectivity index (χ2n) is 8.76. The molecule has 5 rings (SSSR count). The zero-order valence-electron chi connectivity index (χ0n) is 20.7. The highest BCUT2D eigenvalue weighted by atomic mass is 19.4. The van der Waals surface area contributed by atoms with Crippen molar-refractivity contribution < 1.29 is 27.8 Å². The van der Waals surface area contributed by atoms with Crippen molar-refractivity contribution in [1.29, 1.82) is 0 Å². The van der Waals surface area contributed by atoms with E-state index >= 15 is 0 Å². The number of nitrogens with one attached hydrogen (secondary N) is 3. The fourth-order valence-corrected chi connectivity index (χ4v) is 4.16. The normalized spacial score (nSPS) is 12.0. The number of aliphatic hydroxyl groups excluding tert-OH is 1. The number of benzene rings is 3. The van der Waals surface area contributed by atoms with Gasteiger partial charge in [0.1, 0.15) is 5.75 Å². The van der Waals surface area contributed by atoms with E-state index in [0.29, 0.717) is 17.0 Å². The molecule has 12 heteroatoms. The van der Waals surface area contributed by atoms with E-state index in [1.54, 1.807) is 30.5 Å². The molecule has 0 aliphatic carbocycles. The van der Waals surface area contributed by atoms with Gasteiger partial charge in [-0.05, 0) is 58.8 Å². The average molecular weight is 547 g/mol. The van der Waals surface area contributed by atoms with Crippen LogP contribution in [0.2, 0.25) is 0 Å². The number of alkyl halides is 3. The molecule has 0 saturated heterocycles. The number of rotatable bonds is 7. The van der Waals surface area contributed by atoms with Crippen molar-refractivity contribution in [2.75, 3.05) is 6.61 Å². The summed E-state index contributed by atoms with van der Waals surface area (Å²) in [6.45, 7) is -0.433. The molecule has 0 spiro atoms. The molecule has 1 amide bonds. The Morgan fingerprint density at radius 3 is 2.60 bits per heavy atom. The van der Waals surface area contributed by atoms with Crippen LogP contribution in [0.1, 0.15) is 27.0 Å². The molecule has 3 aromatic carbocycles. The molecule has 0 saturated carbocycles. The molecule has 0 bridgehead atoms. The standard InChI is InChI=1S/C28H21F3N6O3/c29-28(30,31)40-25-11-10-18(9-8-17-4-3-5-19(12-17)26-34-36-37-35-26)13-23(25)27(39)33-21(16-38)14-20-15-32-24-7-2-1-6-22(20)24/h1-7,10-13,15,21,32,38H,14,16H2,(H,33,39)(H,34,35,36,37). The van der Waals surface area contributed by atoms with Gasteiger partial charge in [0.2, 0.25) is 0 Å². The number of carbonyl (C=O) groups excluding carboxylic acids is 1. The molecule has 40 heavy (non-hydrogen) atoms. The van der Waals surface area contributed by atoms with Crippen LogP contribution in [0.5, 0.6) is 5.75 Å². The number of H-pyrrole nitrogens is 2. The summed E-state index contributed by atoms with van der Waals surface area (Å²) >= 11 is 0. The van der Waals surface area contributed by atoms with Crippen molar-refractivity contribution in [2.45, 2.75) is 18.8 Å². The van der Waals surface area contributed by atoms with Crippen LogP contribution in [-0.2, 0) is 6.42 Å². The highest BCUT2D eigenvalue weighted by molar-refractivity contribution is 5.97. The first-order valence-electron chi connectivity index (χ1n) is 12.0. The number of para-hydroxylation sites is 1. The van der Waals surface area contributed by atoms with Crippen LogP contribution in [0.3, 0.4) is 0 Å². The lowest BCUT2D eigenvalue weighted by atomic mass is 10.0. The summed E-state index contributed by atoms with van der Waals surface area (Å²) in [5.41, 5.74) is 2.91. The molecule has 2 aromatic heterocycles. The summed E-state index contributed by atoms with van der Waals surface area (Å²) in [4.78, 5) is 16.3. The van der Waals surface area contributed by atoms with Gasteiger partial charge in [-0.15, -0.1) is 18.3 Å². The number of carbonyl (C=O) groups is 1. The van der Waals surface area contributed by atoms with E-state index in [4.69, 9.17) is 0 Å². The third kappa shape index (κ3) is 6.28. The van der Waals surface area contributed by atoms with E-state index in [0.717, 1.165) is 22.5 Å². The summed E-state index contributed by atoms with van der Waals surface area (Å²) in [7, 11) is 0. The van der Waals surface area contributed by atoms with E-state index < -0.39 is 30.7 Å². The van der Waals surface area contributed by atoms with Crippen molar-refractivity contribution in [3.8, 4) is 29.0 Å². The molecule has 0 aliphatic rings. The number of ether oxygens (including phenoxy) is 1. The summed E-state index contributed by atoms with van der Waals surface area (Å²) in [5.74, 6) is 4.71. The highest BCUT2D eigenvalue weighted by Gasteiger charge is 2.33. The van der Waals surface area contributed by atoms with Crippen LogP contribution in [0.15, 0.2) is 72.9 Å². The summed E-state index contributed by atoms with van der Waals surface area (Å²) in [6.07, 6.45) is -3.00. The van der Waals surface area contributed by atoms with Crippen LogP contribution in [0.4, 0.5) is 13.2 Å². The maximum atomic E-state index is 13.2. The molecule has 0 aliphatic heterocycles. The number of fused-ring (bicyclic) bond motifs is 1. The van der Waals surface area contributed by atoms with Crippen molar-refractivity contribution in [3.05, 3.63) is 95.2 Å². The van der Waals surface area contributed by atoms with Gasteiger partial charge in [-0.3, -0.25) is 4.79 Å². The molecule has 0 fully saturated rings. The van der Waals surface area contributed by atoms with Gasteiger partial charge in [0.15, 0.2) is 5.82 Å². The SMILES string of the molecule is O=C(NC(CO)Cc1c[nH]c2ccccc12)c1cc(C#Cc2cccc(-c3nnn[nH]3)c2)ccc1OC(F)(F)F. The largest absolute Gasteiger partial charge is 0.573 e. The monoisotopic (exact) mass is 546 g/mol. The number of halogens is 3. The van der Waals surface area contributed by atoms with Gasteiger partial charge in [0, 0.05) is 33.8 Å². The Bertz CT molecular complexity index is 1700. The first kappa shape index (κ1) is 26.5. The quantitative estimate of drug-likeness (QED) is 0.229. The molecule has 1 unspecified atom stereocenters. The van der Waals surface area contributed by atoms with E-state index in [9.17, 15) is 23.1 Å². The zero-order valence-corrected chi connectivity index (χ0v) is 20.7. The molecule has 202 valence electrons. The molecule has 2 heterocycles. The molecule has 9 nitrogen and oxygen atoms in total. The first-order valence-corrected chi connectivity index (χ1v) is 12.0. The second-order valence-corrected chi connectivity index (χ2v) is 8.76. The molecule has 5 aromatic rings. The van der Waals surface area contributed by atoms with E-state index in [1.165, 1.54) is 12.1 Å². The number of aromatic nitrogens is 5. The highest BCUT2D eigenvalue weighted by Crippen LogP contribution is 2.28. The fourth-order valence-electron chi connectivity index (χ4n) is 4.16. The van der Waals surface area contributed by atoms with Gasteiger partial charge in [0.05, 0.1) is 18.2 Å². The number of tetrazole rings is 1. The van der Waals surface area contributed by atoms with Gasteiger partial charge >= 0.3 is 6.36 Å². The van der Waals surface area contributed by atoms with Gasteiger partial charge in [-0.1, -0.05) is 42.2 Å². The van der Waals surface area contributed by atoms with Gasteiger partial charge in [0.25, 0.3) is 5.91 Å². The topological polar surface area (TPSA) is 129 Å². The molecule has 1 atom stereocenters. The van der Waals surface area contributed by atoms with Crippen LogP contribution in [0, 0.1) is 11.8 Å². The Balaban J connectivity index is 1.40. The van der Waals surface area contributed by atoms with Crippen LogP contribution in [-0.4, -0.2) is 55.6 Å². The molecule has 0 radical (unpaired) electrons. The molecular formula is C28H21F3N6O3. The van der Waals surface area contributed by atoms with E-state index in [1.807, 2.05) is 24.3 Å². The molecular weight excluding hydrogens is 525 g/mol. The van der Waals surface area contributed by atoms with Crippen LogP contribution in [0.25, 0.3) is 22.3 Å². The number of hydrogen-bond donors (Lipinski definition) is 4. The van der Waals surface area contributed by atoms with Crippen molar-refractivity contribution >= 4 is 16.8 Å². The van der Waals surface area contributed by atoms with Gasteiger partial charge in [-0.25, -0.2) is 5.10 Å². The predicted octanol–water partition coefficient (Wildman–Crippen LogP) is 3.98. The summed E-state index contributed by atoms with van der Waals surface area (Å²) < 4.78 is 43.4. The Hall–Kier alpha value is -5.15. The third-order valence-electron chi connectivity index (χ3n) is 5.98. The average Bonchev–Trinajstić information content (AvgIpc) is 3.62. The Morgan fingerprint density at radius 1 is 1.05 bits per heavy atom. The number of amides is 1. The zero-order chi connectivity index (χ0) is 28.1. The number of aromatic amines is 2. The second kappa shape index (κ2) is 11.3. The number of aliphatic hydroxyl groups is 1. The number of nitrogens with zero attached hydrogens (tertiary/aromatic N) is 3. The minimum Gasteiger partial charge on any atom is -0.405 e. The summed E-state index contributed by atoms with van der Waals surface area (Å²) in [6, 6.07) is 17.3. The predicted molar refractivity (Wildman–Crippen MR) is 139 cm³/mol. The van der Waals surface area contributed by atoms with Gasteiger partial charge < -0.3 is 20.1 Å². The van der Waals surface area contributed by atoms with Crippen LogP contribution < -0.4 is 10.1 Å². The first-order chi connectivity index (χ1) is 19.3. The minimum atomic E-state index is -5.02. The summed E-state index contributed by atoms with van der Waals surface area (Å²) in [5, 5.41) is 27.0. The van der Waals surface area contributed by atoms with Crippen molar-refractivity contribution in [2.24, 2.45) is 0 Å². The lowest BCUT2D eigenvalue weighted by Gasteiger charge is -2.18. The van der Waals surface area contributed by atoms with Gasteiger partial charge in [-0.2, -0.15) is 0 Å². The Labute approximate surface area is 225 Å². The lowest BCUT2D eigenvalue weighted by molar-refractivity contribution is -0.274. The van der Waals surface area contributed by atoms with E-state index in [-0.39, 0.29) is 17.5 Å². The maximum absolute atomic E-state index is 13.2. The smallest absolute Gasteiger partial charge is 0.405 e. The van der Waals surface area contributed by atoms with Crippen LogP contribution >= 0.6 is 0 Å². The molecule has 4 N–H and O–H groups in total. The lowest BCUT2D eigenvalue weighted by Crippen LogP contribution is -2.39. The number of hydrogen-bond acceptors (Lipinski definition) is 6. The fraction of sp³-hybridized carbons (Fsp3) is 0.143. The van der Waals surface area contributed by atoms with E-state index in [2.05, 4.69) is 47.5 Å². The Kier molecular flexibility index (Phi) is 7.48. The van der Waals surface area contributed by atoms with Crippen molar-refractivity contribution in [3.63, 3.8) is 0 Å².